The highest BCUT2D eigenvalue weighted by molar-refractivity contribution is 5.88. The first kappa shape index (κ1) is 38.8. The van der Waals surface area contributed by atoms with Crippen molar-refractivity contribution in [1.82, 2.24) is 35.1 Å². The first-order valence-corrected chi connectivity index (χ1v) is 19.8. The van der Waals surface area contributed by atoms with Gasteiger partial charge in [0.1, 0.15) is 17.7 Å². The van der Waals surface area contributed by atoms with Crippen LogP contribution in [-0.2, 0) is 23.9 Å². The third-order valence-corrected chi connectivity index (χ3v) is 11.1. The van der Waals surface area contributed by atoms with Gasteiger partial charge in [-0.05, 0) is 53.5 Å². The van der Waals surface area contributed by atoms with E-state index in [1.54, 1.807) is 34.3 Å². The number of nitrogens with one attached hydrogen (secondary N) is 3. The molecule has 4 heterocycles. The second kappa shape index (κ2) is 17.2. The first-order valence-electron chi connectivity index (χ1n) is 19.8. The van der Waals surface area contributed by atoms with E-state index in [1.807, 2.05) is 72.8 Å². The van der Waals surface area contributed by atoms with Gasteiger partial charge in [-0.3, -0.25) is 14.4 Å². The van der Waals surface area contributed by atoms with Crippen LogP contribution in [-0.4, -0.2) is 73.8 Å². The number of benzene rings is 4. The van der Waals surface area contributed by atoms with Crippen LogP contribution in [0.1, 0.15) is 79.6 Å². The summed E-state index contributed by atoms with van der Waals surface area (Å²) < 4.78 is 10.3. The van der Waals surface area contributed by atoms with Crippen LogP contribution in [0.4, 0.5) is 4.79 Å². The predicted molar refractivity (Wildman–Crippen MR) is 220 cm³/mol. The molecule has 0 saturated carbocycles. The van der Waals surface area contributed by atoms with Crippen molar-refractivity contribution in [3.63, 3.8) is 0 Å². The highest BCUT2D eigenvalue weighted by Crippen LogP contribution is 2.37. The normalized spacial score (nSPS) is 17.3. The first-order chi connectivity index (χ1) is 28.8. The Labute approximate surface area is 341 Å². The van der Waals surface area contributed by atoms with E-state index in [1.165, 1.54) is 14.0 Å². The summed E-state index contributed by atoms with van der Waals surface area (Å²) in [5.41, 5.74) is 7.01. The number of nitrogens with zero attached hydrogens (tertiary/aromatic N) is 4. The molecule has 4 atom stereocenters. The Kier molecular flexibility index (Phi) is 11.3. The number of H-pyrrole nitrogens is 2. The van der Waals surface area contributed by atoms with E-state index >= 15 is 0 Å². The minimum absolute atomic E-state index is 0.215. The fourth-order valence-electron chi connectivity index (χ4n) is 8.10. The maximum Gasteiger partial charge on any atom is 0.407 e. The van der Waals surface area contributed by atoms with E-state index in [9.17, 15) is 19.2 Å². The number of carbonyl (C=O) groups excluding carboxylic acids is 4. The largest absolute Gasteiger partial charge is 0.453 e. The number of aromatic nitrogens is 4. The zero-order chi connectivity index (χ0) is 40.9. The molecule has 0 unspecified atom stereocenters. The molecule has 2 aliphatic heterocycles. The maximum absolute atomic E-state index is 13.9. The van der Waals surface area contributed by atoms with Gasteiger partial charge >= 0.3 is 12.1 Å². The number of aromatic amines is 2. The molecule has 0 bridgehead atoms. The molecule has 59 heavy (non-hydrogen) atoms. The molecule has 13 heteroatoms. The van der Waals surface area contributed by atoms with Crippen LogP contribution < -0.4 is 5.32 Å². The van der Waals surface area contributed by atoms with Crippen molar-refractivity contribution in [2.45, 2.75) is 56.8 Å². The van der Waals surface area contributed by atoms with Gasteiger partial charge in [-0.25, -0.2) is 14.8 Å². The zero-order valence-corrected chi connectivity index (χ0v) is 32.8. The second-order valence-corrected chi connectivity index (χ2v) is 14.8. The molecule has 8 rings (SSSR count). The molecule has 13 nitrogen and oxygen atoms in total. The van der Waals surface area contributed by atoms with Crippen molar-refractivity contribution < 1.29 is 28.7 Å². The lowest BCUT2D eigenvalue weighted by Crippen LogP contribution is -2.42. The number of imidazole rings is 2. The molecule has 2 fully saturated rings. The number of rotatable bonds is 11. The molecule has 0 spiro atoms. The highest BCUT2D eigenvalue weighted by atomic mass is 16.5. The third kappa shape index (κ3) is 8.36. The van der Waals surface area contributed by atoms with Gasteiger partial charge in [0.25, 0.3) is 11.8 Å². The molecule has 6 aromatic rings. The number of alkyl carbamates (subject to hydrolysis) is 1. The minimum atomic E-state index is -1.01. The lowest BCUT2D eigenvalue weighted by Gasteiger charge is -2.28. The van der Waals surface area contributed by atoms with Gasteiger partial charge in [0.2, 0.25) is 6.10 Å². The Morgan fingerprint density at radius 3 is 1.58 bits per heavy atom. The van der Waals surface area contributed by atoms with Crippen LogP contribution in [0.5, 0.6) is 0 Å². The van der Waals surface area contributed by atoms with Crippen LogP contribution in [0.15, 0.2) is 122 Å². The van der Waals surface area contributed by atoms with E-state index in [0.717, 1.165) is 59.3 Å². The molecule has 3 N–H and O–H groups in total. The monoisotopic (exact) mass is 791 g/mol. The number of ether oxygens (including phenoxy) is 2. The fourth-order valence-corrected chi connectivity index (χ4v) is 8.10. The number of hydrogen-bond donors (Lipinski definition) is 3. The van der Waals surface area contributed by atoms with Crippen LogP contribution in [0.3, 0.4) is 0 Å². The standard InChI is InChI=1S/C46H45N7O6/c1-29(54)59-41(35-13-7-4-8-14-35)45(56)53-26-10-16-39(53)43-48-28-37(50-43)33-23-19-31(20-24-33)30-17-21-32(22-18-30)36-27-47-42(49-36)38-15-9-25-52(38)44(55)40(51-46(57)58-2)34-11-5-3-6-12-34/h3-8,11-14,17-24,27-28,38-41H,9-10,15-16,25-26H2,1-2H3,(H,47,49)(H,48,50)(H,51,57)/t38-,39-,40+,41-/m0/s1. The summed E-state index contributed by atoms with van der Waals surface area (Å²) in [5.74, 6) is 0.408. The molecule has 0 aliphatic carbocycles. The second-order valence-electron chi connectivity index (χ2n) is 14.8. The van der Waals surface area contributed by atoms with Crippen molar-refractivity contribution >= 4 is 23.9 Å². The minimum Gasteiger partial charge on any atom is -0.453 e. The number of hydrogen-bond acceptors (Lipinski definition) is 8. The molecular formula is C46H45N7O6. The lowest BCUT2D eigenvalue weighted by atomic mass is 10.0. The van der Waals surface area contributed by atoms with Crippen LogP contribution in [0, 0.1) is 0 Å². The lowest BCUT2D eigenvalue weighted by molar-refractivity contribution is -0.159. The summed E-state index contributed by atoms with van der Waals surface area (Å²) in [6.45, 7) is 2.41. The predicted octanol–water partition coefficient (Wildman–Crippen LogP) is 7.86. The van der Waals surface area contributed by atoms with Gasteiger partial charge in [-0.1, -0.05) is 109 Å². The average molecular weight is 792 g/mol. The average Bonchev–Trinajstić information content (AvgIpc) is 4.12. The van der Waals surface area contributed by atoms with Crippen molar-refractivity contribution in [2.75, 3.05) is 20.2 Å². The highest BCUT2D eigenvalue weighted by Gasteiger charge is 2.39. The molecule has 4 aromatic carbocycles. The van der Waals surface area contributed by atoms with E-state index in [4.69, 9.17) is 14.5 Å². The molecule has 0 radical (unpaired) electrons. The molecule has 2 saturated heterocycles. The number of esters is 1. The molecule has 2 aliphatic rings. The quantitative estimate of drug-likeness (QED) is 0.112. The van der Waals surface area contributed by atoms with Crippen LogP contribution in [0.25, 0.3) is 33.6 Å². The molecule has 2 aromatic heterocycles. The van der Waals surface area contributed by atoms with Crippen molar-refractivity contribution in [3.05, 3.63) is 144 Å². The van der Waals surface area contributed by atoms with Gasteiger partial charge in [-0.2, -0.15) is 0 Å². The van der Waals surface area contributed by atoms with Crippen molar-refractivity contribution in [1.29, 1.82) is 0 Å². The number of carbonyl (C=O) groups is 4. The van der Waals surface area contributed by atoms with Crippen LogP contribution in [0.2, 0.25) is 0 Å². The van der Waals surface area contributed by atoms with E-state index in [0.29, 0.717) is 35.9 Å². The summed E-state index contributed by atoms with van der Waals surface area (Å²) in [7, 11) is 1.28. The van der Waals surface area contributed by atoms with Crippen molar-refractivity contribution in [2.24, 2.45) is 0 Å². The molecule has 3 amide bonds. The fraction of sp³-hybridized carbons (Fsp3) is 0.261. The summed E-state index contributed by atoms with van der Waals surface area (Å²) in [4.78, 5) is 71.7. The van der Waals surface area contributed by atoms with E-state index < -0.39 is 24.2 Å². The summed E-state index contributed by atoms with van der Waals surface area (Å²) in [5, 5.41) is 2.71. The number of amides is 3. The Morgan fingerprint density at radius 1 is 0.644 bits per heavy atom. The maximum atomic E-state index is 13.9. The topological polar surface area (TPSA) is 163 Å². The summed E-state index contributed by atoms with van der Waals surface area (Å²) in [6, 6.07) is 33.3. The Balaban J connectivity index is 0.928. The summed E-state index contributed by atoms with van der Waals surface area (Å²) in [6.07, 6.45) is 5.03. The van der Waals surface area contributed by atoms with E-state index in [2.05, 4.69) is 44.5 Å². The van der Waals surface area contributed by atoms with Gasteiger partial charge < -0.3 is 34.6 Å². The summed E-state index contributed by atoms with van der Waals surface area (Å²) >= 11 is 0. The van der Waals surface area contributed by atoms with Gasteiger partial charge in [-0.15, -0.1) is 0 Å². The SMILES string of the molecule is COC(=O)N[C@@H](C(=O)N1CCC[C@H]1c1ncc(-c2ccc(-c3ccc(-c4cnc([C@@H]5CCCN5C(=O)[C@@H](OC(C)=O)c5ccccc5)[nH]4)cc3)cc2)[nH]1)c1ccccc1. The number of likely N-dealkylation sites (tertiary alicyclic amines) is 2. The number of methoxy groups -OCH3 is 1. The van der Waals surface area contributed by atoms with E-state index in [-0.39, 0.29) is 23.9 Å². The Bertz CT molecular complexity index is 2410. The van der Waals surface area contributed by atoms with Gasteiger partial charge in [0, 0.05) is 25.6 Å². The smallest absolute Gasteiger partial charge is 0.407 e. The van der Waals surface area contributed by atoms with Crippen LogP contribution >= 0.6 is 0 Å². The molecule has 300 valence electrons. The zero-order valence-electron chi connectivity index (χ0n) is 32.8. The van der Waals surface area contributed by atoms with Gasteiger partial charge in [0.15, 0.2) is 0 Å². The van der Waals surface area contributed by atoms with Gasteiger partial charge in [0.05, 0.1) is 43.0 Å². The third-order valence-electron chi connectivity index (χ3n) is 11.1. The molecular weight excluding hydrogens is 747 g/mol. The van der Waals surface area contributed by atoms with Crippen molar-refractivity contribution in [3.8, 4) is 33.6 Å². The Hall–Kier alpha value is -7.02. The Morgan fingerprint density at radius 2 is 1.10 bits per heavy atom.